The minimum absolute atomic E-state index is 0.233. The number of pyridine rings is 1. The third-order valence-corrected chi connectivity index (χ3v) is 2.42. The van der Waals surface area contributed by atoms with Crippen molar-refractivity contribution in [1.82, 2.24) is 10.3 Å². The molecule has 0 saturated carbocycles. The van der Waals surface area contributed by atoms with Gasteiger partial charge >= 0.3 is 6.09 Å². The summed E-state index contributed by atoms with van der Waals surface area (Å²) in [5.41, 5.74) is 0.582. The van der Waals surface area contributed by atoms with E-state index >= 15 is 0 Å². The van der Waals surface area contributed by atoms with Gasteiger partial charge in [-0.1, -0.05) is 32.4 Å². The number of nitrogens with zero attached hydrogens (tertiary/aromatic N) is 1. The van der Waals surface area contributed by atoms with E-state index in [1.54, 1.807) is 18.3 Å². The lowest BCUT2D eigenvalue weighted by Crippen LogP contribution is -2.35. The Morgan fingerprint density at radius 3 is 2.62 bits per heavy atom. The summed E-state index contributed by atoms with van der Waals surface area (Å²) in [6, 6.07) is 3.12. The number of hydrogen-bond donors (Lipinski definition) is 2. The first kappa shape index (κ1) is 12.8. The Kier molecular flexibility index (Phi) is 3.75. The number of carboxylic acid groups (broad SMARTS) is 1. The number of amides is 1. The summed E-state index contributed by atoms with van der Waals surface area (Å²) in [5, 5.41) is 11.7. The van der Waals surface area contributed by atoms with Gasteiger partial charge < -0.3 is 10.4 Å². The molecule has 1 aromatic rings. The van der Waals surface area contributed by atoms with Gasteiger partial charge in [0.25, 0.3) is 0 Å². The summed E-state index contributed by atoms with van der Waals surface area (Å²) in [4.78, 5) is 14.6. The first-order chi connectivity index (χ1) is 7.30. The molecule has 88 valence electrons. The van der Waals surface area contributed by atoms with Crippen molar-refractivity contribution in [3.63, 3.8) is 0 Å². The lowest BCUT2D eigenvalue weighted by Gasteiger charge is -2.30. The minimum atomic E-state index is -1.05. The molecule has 0 aliphatic carbocycles. The molecule has 0 bridgehead atoms. The van der Waals surface area contributed by atoms with Crippen molar-refractivity contribution < 1.29 is 9.90 Å². The molecular formula is C11H15ClN2O2. The molecular weight excluding hydrogens is 228 g/mol. The molecule has 0 aliphatic heterocycles. The molecule has 0 aliphatic rings. The summed E-state index contributed by atoms with van der Waals surface area (Å²) >= 11 is 5.79. The van der Waals surface area contributed by atoms with Gasteiger partial charge in [0.1, 0.15) is 5.15 Å². The molecule has 0 spiro atoms. The molecule has 0 fully saturated rings. The third kappa shape index (κ3) is 3.38. The lowest BCUT2D eigenvalue weighted by atomic mass is 9.83. The van der Waals surface area contributed by atoms with Crippen LogP contribution < -0.4 is 5.32 Å². The molecule has 5 heteroatoms. The number of aromatic nitrogens is 1. The van der Waals surface area contributed by atoms with Crippen molar-refractivity contribution >= 4 is 17.7 Å². The van der Waals surface area contributed by atoms with Crippen LogP contribution in [0.5, 0.6) is 0 Å². The van der Waals surface area contributed by atoms with E-state index in [-0.39, 0.29) is 11.5 Å². The summed E-state index contributed by atoms with van der Waals surface area (Å²) in [7, 11) is 0. The van der Waals surface area contributed by atoms with Crippen LogP contribution in [0.2, 0.25) is 5.15 Å². The fraction of sp³-hybridized carbons (Fsp3) is 0.455. The predicted octanol–water partition coefficient (Wildman–Crippen LogP) is 3.09. The Bertz CT molecular complexity index is 388. The standard InChI is InChI=1S/C11H15ClN2O2/c1-11(2,3)9(14-10(15)16)7-4-5-13-8(12)6-7/h4-6,9,14H,1-3H3,(H,15,16). The molecule has 0 radical (unpaired) electrons. The van der Waals surface area contributed by atoms with Gasteiger partial charge in [0, 0.05) is 6.20 Å². The van der Waals surface area contributed by atoms with Gasteiger partial charge in [-0.05, 0) is 23.1 Å². The van der Waals surface area contributed by atoms with Gasteiger partial charge in [0.15, 0.2) is 0 Å². The summed E-state index contributed by atoms with van der Waals surface area (Å²) < 4.78 is 0. The van der Waals surface area contributed by atoms with Crippen molar-refractivity contribution in [2.75, 3.05) is 0 Å². The smallest absolute Gasteiger partial charge is 0.405 e. The fourth-order valence-electron chi connectivity index (χ4n) is 1.52. The van der Waals surface area contributed by atoms with E-state index in [0.29, 0.717) is 5.15 Å². The zero-order chi connectivity index (χ0) is 12.3. The highest BCUT2D eigenvalue weighted by molar-refractivity contribution is 6.29. The fourth-order valence-corrected chi connectivity index (χ4v) is 1.70. The maximum absolute atomic E-state index is 10.8. The van der Waals surface area contributed by atoms with Gasteiger partial charge in [-0.3, -0.25) is 0 Å². The number of halogens is 1. The molecule has 2 N–H and O–H groups in total. The Morgan fingerprint density at radius 2 is 2.19 bits per heavy atom. The molecule has 0 aromatic carbocycles. The van der Waals surface area contributed by atoms with E-state index in [1.807, 2.05) is 20.8 Å². The van der Waals surface area contributed by atoms with Gasteiger partial charge in [-0.2, -0.15) is 0 Å². The van der Waals surface area contributed by atoms with Crippen LogP contribution in [0.15, 0.2) is 18.3 Å². The number of hydrogen-bond acceptors (Lipinski definition) is 2. The average Bonchev–Trinajstić information content (AvgIpc) is 2.12. The maximum atomic E-state index is 10.8. The normalized spacial score (nSPS) is 13.2. The molecule has 0 saturated heterocycles. The van der Waals surface area contributed by atoms with Crippen molar-refractivity contribution in [3.05, 3.63) is 29.0 Å². The molecule has 1 amide bonds. The van der Waals surface area contributed by atoms with Crippen molar-refractivity contribution in [1.29, 1.82) is 0 Å². The molecule has 1 atom stereocenters. The van der Waals surface area contributed by atoms with Crippen molar-refractivity contribution in [2.24, 2.45) is 5.41 Å². The van der Waals surface area contributed by atoms with E-state index < -0.39 is 6.09 Å². The van der Waals surface area contributed by atoms with Crippen molar-refractivity contribution in [3.8, 4) is 0 Å². The predicted molar refractivity (Wildman–Crippen MR) is 62.6 cm³/mol. The summed E-state index contributed by atoms with van der Waals surface area (Å²) in [6.07, 6.45) is 0.521. The van der Waals surface area contributed by atoms with Crippen LogP contribution in [-0.4, -0.2) is 16.2 Å². The minimum Gasteiger partial charge on any atom is -0.465 e. The Hall–Kier alpha value is -1.29. The highest BCUT2D eigenvalue weighted by atomic mass is 35.5. The summed E-state index contributed by atoms with van der Waals surface area (Å²) in [5.74, 6) is 0. The van der Waals surface area contributed by atoms with Crippen LogP contribution in [0, 0.1) is 5.41 Å². The molecule has 16 heavy (non-hydrogen) atoms. The Balaban J connectivity index is 3.06. The first-order valence-corrected chi connectivity index (χ1v) is 5.29. The number of carbonyl (C=O) groups is 1. The maximum Gasteiger partial charge on any atom is 0.405 e. The topological polar surface area (TPSA) is 62.2 Å². The second kappa shape index (κ2) is 4.70. The largest absolute Gasteiger partial charge is 0.465 e. The molecule has 1 aromatic heterocycles. The van der Waals surface area contributed by atoms with E-state index in [2.05, 4.69) is 10.3 Å². The summed E-state index contributed by atoms with van der Waals surface area (Å²) in [6.45, 7) is 5.88. The van der Waals surface area contributed by atoms with E-state index in [1.165, 1.54) is 0 Å². The van der Waals surface area contributed by atoms with Crippen molar-refractivity contribution in [2.45, 2.75) is 26.8 Å². The molecule has 4 nitrogen and oxygen atoms in total. The van der Waals surface area contributed by atoms with E-state index in [4.69, 9.17) is 16.7 Å². The average molecular weight is 243 g/mol. The third-order valence-electron chi connectivity index (χ3n) is 2.22. The SMILES string of the molecule is CC(C)(C)C(NC(=O)O)c1ccnc(Cl)c1. The molecule has 1 unspecified atom stereocenters. The molecule has 1 rings (SSSR count). The van der Waals surface area contributed by atoms with Crippen LogP contribution in [-0.2, 0) is 0 Å². The van der Waals surface area contributed by atoms with Gasteiger partial charge in [0.2, 0.25) is 0 Å². The van der Waals surface area contributed by atoms with Crippen LogP contribution in [0.1, 0.15) is 32.4 Å². The lowest BCUT2D eigenvalue weighted by molar-refractivity contribution is 0.175. The van der Waals surface area contributed by atoms with Crippen LogP contribution in [0.3, 0.4) is 0 Å². The number of rotatable bonds is 2. The van der Waals surface area contributed by atoms with Gasteiger partial charge in [-0.15, -0.1) is 0 Å². The highest BCUT2D eigenvalue weighted by Gasteiger charge is 2.27. The van der Waals surface area contributed by atoms with Crippen LogP contribution >= 0.6 is 11.6 Å². The second-order valence-corrected chi connectivity index (χ2v) is 5.05. The van der Waals surface area contributed by atoms with E-state index in [0.717, 1.165) is 5.56 Å². The second-order valence-electron chi connectivity index (χ2n) is 4.66. The Labute approximate surface area is 99.6 Å². The van der Waals surface area contributed by atoms with Crippen LogP contribution in [0.4, 0.5) is 4.79 Å². The van der Waals surface area contributed by atoms with Gasteiger partial charge in [-0.25, -0.2) is 9.78 Å². The first-order valence-electron chi connectivity index (χ1n) is 4.91. The zero-order valence-electron chi connectivity index (χ0n) is 9.49. The van der Waals surface area contributed by atoms with E-state index in [9.17, 15) is 4.79 Å². The molecule has 1 heterocycles. The monoisotopic (exact) mass is 242 g/mol. The highest BCUT2D eigenvalue weighted by Crippen LogP contribution is 2.33. The zero-order valence-corrected chi connectivity index (χ0v) is 10.2. The quantitative estimate of drug-likeness (QED) is 0.784. The van der Waals surface area contributed by atoms with Gasteiger partial charge in [0.05, 0.1) is 6.04 Å². The Morgan fingerprint density at radius 1 is 1.56 bits per heavy atom. The van der Waals surface area contributed by atoms with Crippen LogP contribution in [0.25, 0.3) is 0 Å². The number of nitrogens with one attached hydrogen (secondary N) is 1.